The van der Waals surface area contributed by atoms with E-state index in [2.05, 4.69) is 23.5 Å². The Morgan fingerprint density at radius 3 is 2.21 bits per heavy atom. The topological polar surface area (TPSA) is 114 Å². The van der Waals surface area contributed by atoms with E-state index >= 15 is 0 Å². The van der Waals surface area contributed by atoms with Crippen LogP contribution in [0.5, 0.6) is 0 Å². The summed E-state index contributed by atoms with van der Waals surface area (Å²) >= 11 is 0. The van der Waals surface area contributed by atoms with Crippen LogP contribution in [-0.2, 0) is 23.9 Å². The van der Waals surface area contributed by atoms with Gasteiger partial charge in [-0.25, -0.2) is 4.79 Å². The van der Waals surface area contributed by atoms with Gasteiger partial charge in [-0.1, -0.05) is 57.1 Å². The molecule has 9 nitrogen and oxygen atoms in total. The summed E-state index contributed by atoms with van der Waals surface area (Å²) in [6.07, 6.45) is 10.8. The Kier molecular flexibility index (Phi) is 15.3. The number of amides is 3. The molecule has 39 heavy (non-hydrogen) atoms. The van der Waals surface area contributed by atoms with E-state index in [1.54, 1.807) is 52.0 Å². The van der Waals surface area contributed by atoms with Gasteiger partial charge >= 0.3 is 12.1 Å². The van der Waals surface area contributed by atoms with Gasteiger partial charge in [0.2, 0.25) is 11.8 Å². The maximum absolute atomic E-state index is 13.5. The molecule has 0 aromatic heterocycles. The van der Waals surface area contributed by atoms with E-state index in [-0.39, 0.29) is 26.1 Å². The van der Waals surface area contributed by atoms with Gasteiger partial charge in [-0.05, 0) is 51.8 Å². The first-order valence-electron chi connectivity index (χ1n) is 13.8. The van der Waals surface area contributed by atoms with Crippen molar-refractivity contribution in [3.63, 3.8) is 0 Å². The SMILES string of the molecule is C#Cc1ccc(C(C(=O)NCCC(=O)OCC)N(CCCCCCCC)C(=O)CNC(=O)OC(C)(C)C)cc1. The van der Waals surface area contributed by atoms with Crippen molar-refractivity contribution in [2.75, 3.05) is 26.2 Å². The first kappa shape index (κ1) is 33.5. The number of nitrogens with zero attached hydrogens (tertiary/aromatic N) is 1. The lowest BCUT2D eigenvalue weighted by atomic mass is 10.0. The van der Waals surface area contributed by atoms with Gasteiger partial charge in [0, 0.05) is 18.7 Å². The fourth-order valence-corrected chi connectivity index (χ4v) is 3.88. The Hall–Kier alpha value is -3.54. The smallest absolute Gasteiger partial charge is 0.408 e. The van der Waals surface area contributed by atoms with Crippen molar-refractivity contribution < 1.29 is 28.7 Å². The molecule has 2 N–H and O–H groups in total. The third-order valence-electron chi connectivity index (χ3n) is 5.74. The number of unbranched alkanes of at least 4 members (excludes halogenated alkanes) is 5. The summed E-state index contributed by atoms with van der Waals surface area (Å²) in [6, 6.07) is 5.87. The first-order chi connectivity index (χ1) is 18.5. The molecule has 9 heteroatoms. The third kappa shape index (κ3) is 13.7. The number of terminal acetylenes is 1. The van der Waals surface area contributed by atoms with E-state index in [1.165, 1.54) is 4.90 Å². The molecule has 1 aromatic rings. The van der Waals surface area contributed by atoms with Crippen molar-refractivity contribution in [3.8, 4) is 12.3 Å². The van der Waals surface area contributed by atoms with Gasteiger partial charge in [-0.2, -0.15) is 0 Å². The molecule has 0 aliphatic rings. The van der Waals surface area contributed by atoms with E-state index in [4.69, 9.17) is 15.9 Å². The van der Waals surface area contributed by atoms with Crippen molar-refractivity contribution in [2.24, 2.45) is 0 Å². The average molecular weight is 544 g/mol. The van der Waals surface area contributed by atoms with Crippen molar-refractivity contribution in [2.45, 2.75) is 91.2 Å². The Balaban J connectivity index is 3.17. The van der Waals surface area contributed by atoms with Crippen molar-refractivity contribution >= 4 is 23.9 Å². The first-order valence-corrected chi connectivity index (χ1v) is 13.8. The predicted octanol–water partition coefficient (Wildman–Crippen LogP) is 4.49. The van der Waals surface area contributed by atoms with E-state index in [0.717, 1.165) is 32.1 Å². The van der Waals surface area contributed by atoms with Gasteiger partial charge in [0.15, 0.2) is 0 Å². The Morgan fingerprint density at radius 1 is 0.974 bits per heavy atom. The number of rotatable bonds is 16. The number of alkyl carbamates (subject to hydrolysis) is 1. The molecule has 1 unspecified atom stereocenters. The lowest BCUT2D eigenvalue weighted by Gasteiger charge is -2.32. The standard InChI is InChI=1S/C30H45N3O6/c1-7-10-11-12-13-14-21-33(25(34)22-32-29(37)39-30(4,5)6)27(24-17-15-23(8-2)16-18-24)28(36)31-20-19-26(35)38-9-3/h2,15-18,27H,7,9-14,19-22H2,1,3-6H3,(H,31,36)(H,32,37). The monoisotopic (exact) mass is 543 g/mol. The Labute approximate surface area is 233 Å². The zero-order chi connectivity index (χ0) is 29.3. The largest absolute Gasteiger partial charge is 0.466 e. The Bertz CT molecular complexity index is 962. The lowest BCUT2D eigenvalue weighted by Crippen LogP contribution is -2.48. The molecule has 0 spiro atoms. The minimum absolute atomic E-state index is 0.00784. The molecule has 1 atom stereocenters. The van der Waals surface area contributed by atoms with Gasteiger partial charge in [0.05, 0.1) is 13.0 Å². The highest BCUT2D eigenvalue weighted by atomic mass is 16.6. The third-order valence-corrected chi connectivity index (χ3v) is 5.74. The maximum Gasteiger partial charge on any atom is 0.408 e. The van der Waals surface area contributed by atoms with Crippen LogP contribution in [-0.4, -0.2) is 60.6 Å². The molecule has 0 aliphatic heterocycles. The number of nitrogens with one attached hydrogen (secondary N) is 2. The summed E-state index contributed by atoms with van der Waals surface area (Å²) in [5.74, 6) is 1.26. The van der Waals surface area contributed by atoms with Gasteiger partial charge < -0.3 is 25.0 Å². The van der Waals surface area contributed by atoms with Crippen LogP contribution in [0.2, 0.25) is 0 Å². The van der Waals surface area contributed by atoms with Crippen LogP contribution in [0.3, 0.4) is 0 Å². The summed E-state index contributed by atoms with van der Waals surface area (Å²) in [7, 11) is 0. The summed E-state index contributed by atoms with van der Waals surface area (Å²) in [4.78, 5) is 52.4. The van der Waals surface area contributed by atoms with Gasteiger partial charge in [-0.15, -0.1) is 6.42 Å². The van der Waals surface area contributed by atoms with Crippen LogP contribution in [0, 0.1) is 12.3 Å². The molecule has 3 amide bonds. The van der Waals surface area contributed by atoms with Crippen LogP contribution in [0.1, 0.15) is 96.7 Å². The molecular weight excluding hydrogens is 498 g/mol. The molecule has 0 saturated heterocycles. The predicted molar refractivity (Wildman–Crippen MR) is 151 cm³/mol. The fraction of sp³-hybridized carbons (Fsp3) is 0.600. The highest BCUT2D eigenvalue weighted by molar-refractivity contribution is 5.90. The number of carbonyl (C=O) groups is 4. The zero-order valence-corrected chi connectivity index (χ0v) is 24.1. The number of ether oxygens (including phenoxy) is 2. The number of benzene rings is 1. The van der Waals surface area contributed by atoms with Gasteiger partial charge in [0.1, 0.15) is 18.2 Å². The Morgan fingerprint density at radius 2 is 1.62 bits per heavy atom. The van der Waals surface area contributed by atoms with E-state index in [9.17, 15) is 19.2 Å². The van der Waals surface area contributed by atoms with Crippen molar-refractivity contribution in [1.82, 2.24) is 15.5 Å². The van der Waals surface area contributed by atoms with Crippen LogP contribution in [0.15, 0.2) is 24.3 Å². The summed E-state index contributed by atoms with van der Waals surface area (Å²) in [6.45, 7) is 9.35. The second-order valence-electron chi connectivity index (χ2n) is 10.2. The molecule has 0 fully saturated rings. The quantitative estimate of drug-likeness (QED) is 0.180. The highest BCUT2D eigenvalue weighted by Gasteiger charge is 2.31. The normalized spacial score (nSPS) is 11.6. The number of carbonyl (C=O) groups excluding carboxylic acids is 4. The summed E-state index contributed by atoms with van der Waals surface area (Å²) in [5.41, 5.74) is 0.491. The second kappa shape index (κ2) is 17.9. The zero-order valence-electron chi connectivity index (χ0n) is 24.1. The highest BCUT2D eigenvalue weighted by Crippen LogP contribution is 2.23. The van der Waals surface area contributed by atoms with Crippen molar-refractivity contribution in [1.29, 1.82) is 0 Å². The minimum atomic E-state index is -0.984. The second-order valence-corrected chi connectivity index (χ2v) is 10.2. The van der Waals surface area contributed by atoms with Gasteiger partial charge in [-0.3, -0.25) is 14.4 Å². The van der Waals surface area contributed by atoms with E-state index < -0.39 is 35.5 Å². The maximum atomic E-state index is 13.5. The van der Waals surface area contributed by atoms with Crippen molar-refractivity contribution in [3.05, 3.63) is 35.4 Å². The molecule has 0 saturated carbocycles. The molecular formula is C30H45N3O6. The number of esters is 1. The fourth-order valence-electron chi connectivity index (χ4n) is 3.88. The molecule has 1 aromatic carbocycles. The summed E-state index contributed by atoms with van der Waals surface area (Å²) in [5, 5.41) is 5.26. The molecule has 0 heterocycles. The number of hydrogen-bond donors (Lipinski definition) is 2. The van der Waals surface area contributed by atoms with Crippen LogP contribution in [0.4, 0.5) is 4.79 Å². The minimum Gasteiger partial charge on any atom is -0.466 e. The molecule has 0 radical (unpaired) electrons. The van der Waals surface area contributed by atoms with Crippen LogP contribution >= 0.6 is 0 Å². The van der Waals surface area contributed by atoms with E-state index in [0.29, 0.717) is 24.1 Å². The molecule has 0 bridgehead atoms. The van der Waals surface area contributed by atoms with Crippen LogP contribution in [0.25, 0.3) is 0 Å². The average Bonchev–Trinajstić information content (AvgIpc) is 2.88. The molecule has 0 aliphatic carbocycles. The summed E-state index contributed by atoms with van der Waals surface area (Å²) < 4.78 is 10.2. The van der Waals surface area contributed by atoms with Crippen LogP contribution < -0.4 is 10.6 Å². The number of hydrogen-bond acceptors (Lipinski definition) is 6. The molecule has 1 rings (SSSR count). The van der Waals surface area contributed by atoms with E-state index in [1.807, 2.05) is 0 Å². The molecule has 216 valence electrons. The lowest BCUT2D eigenvalue weighted by molar-refractivity contribution is -0.143. The van der Waals surface area contributed by atoms with Gasteiger partial charge in [0.25, 0.3) is 0 Å².